The Morgan fingerprint density at radius 1 is 1.16 bits per heavy atom. The number of methoxy groups -OCH3 is 1. The number of benzene rings is 1. The van der Waals surface area contributed by atoms with E-state index < -0.39 is 6.10 Å². The summed E-state index contributed by atoms with van der Waals surface area (Å²) in [7, 11) is 1.58. The van der Waals surface area contributed by atoms with Gasteiger partial charge in [0.2, 0.25) is 5.88 Å². The molecule has 1 aromatic carbocycles. The molecule has 19 heavy (non-hydrogen) atoms. The van der Waals surface area contributed by atoms with Gasteiger partial charge in [0.05, 0.1) is 13.2 Å². The highest BCUT2D eigenvalue weighted by Crippen LogP contribution is 2.23. The van der Waals surface area contributed by atoms with Crippen molar-refractivity contribution in [1.82, 2.24) is 4.98 Å². The molecule has 100 valence electrons. The van der Waals surface area contributed by atoms with Crippen LogP contribution in [-0.2, 0) is 6.42 Å². The number of aryl methyl sites for hydroxylation is 2. The summed E-state index contributed by atoms with van der Waals surface area (Å²) in [5.74, 6) is 0.558. The van der Waals surface area contributed by atoms with Crippen molar-refractivity contribution >= 4 is 0 Å². The fraction of sp³-hybridized carbons (Fsp3) is 0.312. The van der Waals surface area contributed by atoms with Crippen LogP contribution in [0, 0.1) is 13.8 Å². The number of rotatable bonds is 4. The van der Waals surface area contributed by atoms with Crippen molar-refractivity contribution in [2.24, 2.45) is 0 Å². The summed E-state index contributed by atoms with van der Waals surface area (Å²) in [5, 5.41) is 10.3. The van der Waals surface area contributed by atoms with Gasteiger partial charge in [0.15, 0.2) is 0 Å². The van der Waals surface area contributed by atoms with Crippen molar-refractivity contribution < 1.29 is 9.84 Å². The second-order valence-corrected chi connectivity index (χ2v) is 4.72. The maximum Gasteiger partial charge on any atom is 0.212 e. The van der Waals surface area contributed by atoms with Crippen molar-refractivity contribution in [2.75, 3.05) is 7.11 Å². The molecule has 2 aromatic rings. The van der Waals surface area contributed by atoms with Crippen LogP contribution < -0.4 is 4.74 Å². The second-order valence-electron chi connectivity index (χ2n) is 4.72. The van der Waals surface area contributed by atoms with E-state index in [0.29, 0.717) is 12.3 Å². The molecule has 1 aromatic heterocycles. The highest BCUT2D eigenvalue weighted by atomic mass is 16.5. The first-order chi connectivity index (χ1) is 9.11. The van der Waals surface area contributed by atoms with Gasteiger partial charge in [-0.25, -0.2) is 4.98 Å². The minimum absolute atomic E-state index is 0.543. The lowest BCUT2D eigenvalue weighted by molar-refractivity contribution is 0.177. The van der Waals surface area contributed by atoms with Gasteiger partial charge in [-0.1, -0.05) is 18.2 Å². The molecule has 0 spiro atoms. The molecule has 0 saturated carbocycles. The van der Waals surface area contributed by atoms with E-state index in [0.717, 1.165) is 5.56 Å². The van der Waals surface area contributed by atoms with Crippen LogP contribution >= 0.6 is 0 Å². The monoisotopic (exact) mass is 257 g/mol. The zero-order valence-corrected chi connectivity index (χ0v) is 11.6. The fourth-order valence-corrected chi connectivity index (χ4v) is 2.19. The van der Waals surface area contributed by atoms with Gasteiger partial charge >= 0.3 is 0 Å². The number of hydrogen-bond acceptors (Lipinski definition) is 3. The summed E-state index contributed by atoms with van der Waals surface area (Å²) in [6.07, 6.45) is 1.72. The molecule has 1 unspecified atom stereocenters. The number of hydrogen-bond donors (Lipinski definition) is 1. The molecule has 1 atom stereocenters. The molecule has 0 aliphatic carbocycles. The summed E-state index contributed by atoms with van der Waals surface area (Å²) in [5.41, 5.74) is 4.43. The third-order valence-corrected chi connectivity index (χ3v) is 3.40. The van der Waals surface area contributed by atoms with Gasteiger partial charge in [-0.3, -0.25) is 0 Å². The zero-order valence-electron chi connectivity index (χ0n) is 11.6. The van der Waals surface area contributed by atoms with E-state index >= 15 is 0 Å². The molecule has 0 aliphatic rings. The van der Waals surface area contributed by atoms with Gasteiger partial charge in [-0.15, -0.1) is 0 Å². The Balaban J connectivity index is 2.18. The first kappa shape index (κ1) is 13.6. The van der Waals surface area contributed by atoms with Crippen molar-refractivity contribution in [3.8, 4) is 5.88 Å². The molecule has 3 nitrogen and oxygen atoms in total. The van der Waals surface area contributed by atoms with Gasteiger partial charge in [-0.05, 0) is 42.2 Å². The molecule has 0 bridgehead atoms. The molecule has 2 rings (SSSR count). The second kappa shape index (κ2) is 5.85. The number of aliphatic hydroxyl groups excluding tert-OH is 1. The van der Waals surface area contributed by atoms with Crippen LogP contribution in [0.3, 0.4) is 0 Å². The Bertz CT molecular complexity index is 529. The molecule has 3 heteroatoms. The van der Waals surface area contributed by atoms with E-state index in [-0.39, 0.29) is 0 Å². The lowest BCUT2D eigenvalue weighted by Gasteiger charge is -2.15. The van der Waals surface area contributed by atoms with E-state index in [1.54, 1.807) is 19.4 Å². The van der Waals surface area contributed by atoms with Crippen LogP contribution in [0.5, 0.6) is 5.88 Å². The fourth-order valence-electron chi connectivity index (χ4n) is 2.19. The SMILES string of the molecule is COc1ccc(C(O)Cc2c(C)cccc2C)cn1. The van der Waals surface area contributed by atoms with Crippen LogP contribution in [0.15, 0.2) is 36.5 Å². The molecule has 1 heterocycles. The summed E-state index contributed by atoms with van der Waals surface area (Å²) >= 11 is 0. The molecule has 0 aliphatic heterocycles. The van der Waals surface area contributed by atoms with E-state index in [2.05, 4.69) is 31.0 Å². The smallest absolute Gasteiger partial charge is 0.212 e. The van der Waals surface area contributed by atoms with Crippen molar-refractivity contribution in [3.05, 3.63) is 58.8 Å². The quantitative estimate of drug-likeness (QED) is 0.915. The predicted octanol–water partition coefficient (Wildman–Crippen LogP) is 2.98. The number of pyridine rings is 1. The molecular formula is C16H19NO2. The van der Waals surface area contributed by atoms with Crippen LogP contribution in [0.1, 0.15) is 28.4 Å². The van der Waals surface area contributed by atoms with Gasteiger partial charge < -0.3 is 9.84 Å². The van der Waals surface area contributed by atoms with Crippen molar-refractivity contribution in [2.45, 2.75) is 26.4 Å². The van der Waals surface area contributed by atoms with E-state index in [9.17, 15) is 5.11 Å². The normalized spacial score (nSPS) is 12.2. The minimum Gasteiger partial charge on any atom is -0.481 e. The maximum absolute atomic E-state index is 10.3. The highest BCUT2D eigenvalue weighted by Gasteiger charge is 2.12. The van der Waals surface area contributed by atoms with E-state index in [1.165, 1.54) is 16.7 Å². The molecular weight excluding hydrogens is 238 g/mol. The summed E-state index contributed by atoms with van der Waals surface area (Å²) < 4.78 is 5.01. The third-order valence-electron chi connectivity index (χ3n) is 3.40. The van der Waals surface area contributed by atoms with Crippen LogP contribution in [0.2, 0.25) is 0 Å². The van der Waals surface area contributed by atoms with Gasteiger partial charge in [0.1, 0.15) is 0 Å². The summed E-state index contributed by atoms with van der Waals surface area (Å²) in [6.45, 7) is 4.14. The maximum atomic E-state index is 10.3. The van der Waals surface area contributed by atoms with Crippen LogP contribution in [0.25, 0.3) is 0 Å². The molecule has 0 amide bonds. The number of aromatic nitrogens is 1. The topological polar surface area (TPSA) is 42.4 Å². The average molecular weight is 257 g/mol. The first-order valence-electron chi connectivity index (χ1n) is 6.35. The van der Waals surface area contributed by atoms with Gasteiger partial charge in [-0.2, -0.15) is 0 Å². The Morgan fingerprint density at radius 2 is 1.84 bits per heavy atom. The van der Waals surface area contributed by atoms with Gasteiger partial charge in [0, 0.05) is 18.7 Å². The van der Waals surface area contributed by atoms with Crippen LogP contribution in [-0.4, -0.2) is 17.2 Å². The Kier molecular flexibility index (Phi) is 4.17. The Morgan fingerprint density at radius 3 is 2.37 bits per heavy atom. The molecule has 1 N–H and O–H groups in total. The standard InChI is InChI=1S/C16H19NO2/c1-11-5-4-6-12(2)14(11)9-15(18)13-7-8-16(19-3)17-10-13/h4-8,10,15,18H,9H2,1-3H3. The first-order valence-corrected chi connectivity index (χ1v) is 6.35. The zero-order chi connectivity index (χ0) is 13.8. The van der Waals surface area contributed by atoms with Crippen molar-refractivity contribution in [3.63, 3.8) is 0 Å². The Labute approximate surface area is 113 Å². The highest BCUT2D eigenvalue weighted by molar-refractivity contribution is 5.35. The van der Waals surface area contributed by atoms with Crippen LogP contribution in [0.4, 0.5) is 0 Å². The summed E-state index contributed by atoms with van der Waals surface area (Å²) in [4.78, 5) is 4.12. The summed E-state index contributed by atoms with van der Waals surface area (Å²) in [6, 6.07) is 9.80. The lowest BCUT2D eigenvalue weighted by atomic mass is 9.95. The van der Waals surface area contributed by atoms with E-state index in [4.69, 9.17) is 4.74 Å². The molecule has 0 fully saturated rings. The molecule has 0 saturated heterocycles. The number of ether oxygens (including phenoxy) is 1. The predicted molar refractivity (Wildman–Crippen MR) is 75.4 cm³/mol. The molecule has 0 radical (unpaired) electrons. The third kappa shape index (κ3) is 3.12. The van der Waals surface area contributed by atoms with Crippen molar-refractivity contribution in [1.29, 1.82) is 0 Å². The average Bonchev–Trinajstić information content (AvgIpc) is 2.43. The van der Waals surface area contributed by atoms with E-state index in [1.807, 2.05) is 12.1 Å². The van der Waals surface area contributed by atoms with Gasteiger partial charge in [0.25, 0.3) is 0 Å². The lowest BCUT2D eigenvalue weighted by Crippen LogP contribution is -2.05. The number of aliphatic hydroxyl groups is 1. The number of nitrogens with zero attached hydrogens (tertiary/aromatic N) is 1. The Hall–Kier alpha value is -1.87. The largest absolute Gasteiger partial charge is 0.481 e. The minimum atomic E-state index is -0.543.